The van der Waals surface area contributed by atoms with E-state index in [2.05, 4.69) is 19.6 Å². The van der Waals surface area contributed by atoms with Crippen LogP contribution in [0.1, 0.15) is 84.0 Å². The zero-order valence-electron chi connectivity index (χ0n) is 16.3. The van der Waals surface area contributed by atoms with E-state index in [4.69, 9.17) is 5.26 Å². The molecule has 0 heterocycles. The maximum Gasteiger partial charge on any atom is 0.0912 e. The third kappa shape index (κ3) is 6.85. The lowest BCUT2D eigenvalue weighted by Gasteiger charge is -2.35. The first kappa shape index (κ1) is 20.0. The number of hydrogen-bond acceptors (Lipinski definition) is 1. The molecule has 0 N–H and O–H groups in total. The van der Waals surface area contributed by atoms with Crippen molar-refractivity contribution >= 4 is 0 Å². The Kier molecular flexibility index (Phi) is 9.09. The van der Waals surface area contributed by atoms with Crippen LogP contribution in [-0.2, 0) is 0 Å². The highest BCUT2D eigenvalue weighted by Gasteiger charge is 2.28. The lowest BCUT2D eigenvalue weighted by molar-refractivity contribution is 0.253. The van der Waals surface area contributed by atoms with Crippen LogP contribution in [0.2, 0.25) is 0 Å². The van der Waals surface area contributed by atoms with E-state index in [9.17, 15) is 0 Å². The van der Waals surface area contributed by atoms with Crippen molar-refractivity contribution in [3.8, 4) is 6.07 Å². The van der Waals surface area contributed by atoms with Crippen molar-refractivity contribution in [2.45, 2.75) is 84.0 Å². The predicted octanol–water partition coefficient (Wildman–Crippen LogP) is 7.37. The molecule has 2 rings (SSSR count). The van der Waals surface area contributed by atoms with Crippen molar-refractivity contribution in [1.82, 2.24) is 0 Å². The fraction of sp³-hybridized carbons (Fsp3) is 0.708. The zero-order chi connectivity index (χ0) is 17.9. The molecule has 0 spiro atoms. The van der Waals surface area contributed by atoms with Gasteiger partial charge < -0.3 is 0 Å². The van der Waals surface area contributed by atoms with Gasteiger partial charge in [0.05, 0.1) is 6.07 Å². The Hall–Kier alpha value is -1.29. The molecule has 138 valence electrons. The lowest BCUT2D eigenvalue weighted by Crippen LogP contribution is -2.22. The monoisotopic (exact) mass is 339 g/mol. The molecular weight excluding hydrogens is 302 g/mol. The summed E-state index contributed by atoms with van der Waals surface area (Å²) in [5, 5.41) is 8.51. The van der Waals surface area contributed by atoms with E-state index in [-0.39, 0.29) is 0 Å². The summed E-state index contributed by atoms with van der Waals surface area (Å²) in [6.07, 6.45) is 24.3. The molecule has 2 saturated carbocycles. The molecule has 1 nitrogen and oxygen atoms in total. The summed E-state index contributed by atoms with van der Waals surface area (Å²) >= 11 is 0. The second-order valence-corrected chi connectivity index (χ2v) is 8.27. The average molecular weight is 340 g/mol. The van der Waals surface area contributed by atoms with Crippen molar-refractivity contribution in [2.24, 2.45) is 23.7 Å². The topological polar surface area (TPSA) is 23.8 Å². The third-order valence-electron chi connectivity index (χ3n) is 6.55. The average Bonchev–Trinajstić information content (AvgIpc) is 2.66. The standard InChI is InChI=1S/C24H37N/c1-3-4-6-9-21-11-15-23(16-12-21)20(2)24-17-13-22(14-18-24)10-7-5-8-19-25/h5,7-8,10,21-24H,2-4,6,9,11-18H2,1H3. The molecule has 2 aliphatic rings. The minimum atomic E-state index is 0.696. The van der Waals surface area contributed by atoms with Gasteiger partial charge >= 0.3 is 0 Å². The molecular formula is C24H37N. The Morgan fingerprint density at radius 1 is 0.960 bits per heavy atom. The number of unbranched alkanes of at least 4 members (excludes halogenated alkanes) is 2. The van der Waals surface area contributed by atoms with Gasteiger partial charge in [-0.15, -0.1) is 0 Å². The van der Waals surface area contributed by atoms with Gasteiger partial charge in [-0.3, -0.25) is 0 Å². The number of hydrogen-bond donors (Lipinski definition) is 0. The summed E-state index contributed by atoms with van der Waals surface area (Å²) in [5.74, 6) is 3.26. The smallest absolute Gasteiger partial charge is 0.0912 e. The van der Waals surface area contributed by atoms with Crippen LogP contribution in [-0.4, -0.2) is 0 Å². The van der Waals surface area contributed by atoms with Crippen LogP contribution in [0.5, 0.6) is 0 Å². The molecule has 0 unspecified atom stereocenters. The van der Waals surface area contributed by atoms with E-state index < -0.39 is 0 Å². The highest BCUT2D eigenvalue weighted by atomic mass is 14.3. The molecule has 0 aromatic heterocycles. The Morgan fingerprint density at radius 2 is 1.60 bits per heavy atom. The van der Waals surface area contributed by atoms with Crippen LogP contribution in [0.25, 0.3) is 0 Å². The summed E-state index contributed by atoms with van der Waals surface area (Å²) in [6, 6.07) is 2.04. The predicted molar refractivity (Wildman–Crippen MR) is 108 cm³/mol. The maximum absolute atomic E-state index is 8.51. The van der Waals surface area contributed by atoms with Gasteiger partial charge in [-0.05, 0) is 75.0 Å². The number of nitrogens with zero attached hydrogens (tertiary/aromatic N) is 1. The Morgan fingerprint density at radius 3 is 2.20 bits per heavy atom. The SMILES string of the molecule is C=C(C1CCC(C=CC=CC#N)CC1)C1CCC(CCCCC)CC1. The highest BCUT2D eigenvalue weighted by Crippen LogP contribution is 2.42. The summed E-state index contributed by atoms with van der Waals surface area (Å²) < 4.78 is 0. The third-order valence-corrected chi connectivity index (χ3v) is 6.55. The second kappa shape index (κ2) is 11.3. The quantitative estimate of drug-likeness (QED) is 0.196. The van der Waals surface area contributed by atoms with E-state index in [1.807, 2.05) is 18.2 Å². The fourth-order valence-corrected chi connectivity index (χ4v) is 4.84. The van der Waals surface area contributed by atoms with Gasteiger partial charge in [-0.1, -0.05) is 63.0 Å². The van der Waals surface area contributed by atoms with Gasteiger partial charge in [-0.2, -0.15) is 5.26 Å². The number of allylic oxidation sites excluding steroid dienone is 5. The van der Waals surface area contributed by atoms with E-state index >= 15 is 0 Å². The molecule has 25 heavy (non-hydrogen) atoms. The van der Waals surface area contributed by atoms with E-state index in [0.717, 1.165) is 17.8 Å². The van der Waals surface area contributed by atoms with E-state index in [1.54, 1.807) is 11.6 Å². The minimum Gasteiger partial charge on any atom is -0.193 e. The summed E-state index contributed by atoms with van der Waals surface area (Å²) in [4.78, 5) is 0. The Balaban J connectivity index is 1.68. The summed E-state index contributed by atoms with van der Waals surface area (Å²) in [6.45, 7) is 6.85. The normalized spacial score (nSPS) is 30.6. The molecule has 0 bridgehead atoms. The molecule has 2 aliphatic carbocycles. The molecule has 0 aliphatic heterocycles. The fourth-order valence-electron chi connectivity index (χ4n) is 4.84. The van der Waals surface area contributed by atoms with E-state index in [0.29, 0.717) is 5.92 Å². The van der Waals surface area contributed by atoms with Crippen molar-refractivity contribution < 1.29 is 0 Å². The van der Waals surface area contributed by atoms with Gasteiger partial charge in [0, 0.05) is 6.08 Å². The maximum atomic E-state index is 8.51. The Bertz CT molecular complexity index is 477. The van der Waals surface area contributed by atoms with Crippen LogP contribution < -0.4 is 0 Å². The van der Waals surface area contributed by atoms with Gasteiger partial charge in [0.15, 0.2) is 0 Å². The van der Waals surface area contributed by atoms with Crippen molar-refractivity contribution in [3.63, 3.8) is 0 Å². The zero-order valence-corrected chi connectivity index (χ0v) is 16.3. The van der Waals surface area contributed by atoms with Gasteiger partial charge in [-0.25, -0.2) is 0 Å². The van der Waals surface area contributed by atoms with Crippen molar-refractivity contribution in [1.29, 1.82) is 5.26 Å². The van der Waals surface area contributed by atoms with Crippen LogP contribution in [0.3, 0.4) is 0 Å². The first-order valence-corrected chi connectivity index (χ1v) is 10.7. The summed E-state index contributed by atoms with van der Waals surface area (Å²) in [7, 11) is 0. The van der Waals surface area contributed by atoms with Crippen LogP contribution in [0.15, 0.2) is 36.5 Å². The number of rotatable bonds is 8. The van der Waals surface area contributed by atoms with Crippen LogP contribution in [0.4, 0.5) is 0 Å². The molecule has 0 atom stereocenters. The van der Waals surface area contributed by atoms with Gasteiger partial charge in [0.25, 0.3) is 0 Å². The lowest BCUT2D eigenvalue weighted by atomic mass is 9.70. The van der Waals surface area contributed by atoms with Gasteiger partial charge in [0.2, 0.25) is 0 Å². The molecule has 0 aromatic rings. The molecule has 0 radical (unpaired) electrons. The van der Waals surface area contributed by atoms with Crippen molar-refractivity contribution in [3.05, 3.63) is 36.5 Å². The molecule has 0 amide bonds. The number of nitriles is 1. The molecule has 0 saturated heterocycles. The van der Waals surface area contributed by atoms with E-state index in [1.165, 1.54) is 77.0 Å². The second-order valence-electron chi connectivity index (χ2n) is 8.27. The van der Waals surface area contributed by atoms with Crippen LogP contribution >= 0.6 is 0 Å². The molecule has 0 aromatic carbocycles. The Labute approximate surface area is 155 Å². The van der Waals surface area contributed by atoms with Gasteiger partial charge in [0.1, 0.15) is 0 Å². The first-order valence-electron chi connectivity index (χ1n) is 10.7. The summed E-state index contributed by atoms with van der Waals surface area (Å²) in [5.41, 5.74) is 1.58. The largest absolute Gasteiger partial charge is 0.193 e. The highest BCUT2D eigenvalue weighted by molar-refractivity contribution is 5.13. The molecule has 2 fully saturated rings. The van der Waals surface area contributed by atoms with Crippen LogP contribution in [0, 0.1) is 35.0 Å². The first-order chi connectivity index (χ1) is 12.2. The molecule has 1 heteroatoms. The van der Waals surface area contributed by atoms with Crippen molar-refractivity contribution in [2.75, 3.05) is 0 Å². The minimum absolute atomic E-state index is 0.696.